The Balaban J connectivity index is 1.63. The minimum atomic E-state index is -3.20. The van der Waals surface area contributed by atoms with Crippen molar-refractivity contribution in [3.8, 4) is 0 Å². The maximum absolute atomic E-state index is 12.5. The van der Waals surface area contributed by atoms with Gasteiger partial charge in [0.1, 0.15) is 0 Å². The molecule has 0 saturated carbocycles. The summed E-state index contributed by atoms with van der Waals surface area (Å²) in [6, 6.07) is 7.26. The zero-order chi connectivity index (χ0) is 17.3. The summed E-state index contributed by atoms with van der Waals surface area (Å²) in [5, 5.41) is 1.07. The molecule has 24 heavy (non-hydrogen) atoms. The Hall–Kier alpha value is -1.90. The van der Waals surface area contributed by atoms with Crippen molar-refractivity contribution in [2.45, 2.75) is 12.5 Å². The average Bonchev–Trinajstić information content (AvgIpc) is 2.96. The van der Waals surface area contributed by atoms with Crippen LogP contribution in [0.4, 0.5) is 0 Å². The smallest absolute Gasteiger partial charge is 0.239 e. The molecule has 1 aliphatic rings. The topological polar surface area (TPSA) is 99.5 Å². The van der Waals surface area contributed by atoms with Gasteiger partial charge in [-0.2, -0.15) is 4.31 Å². The van der Waals surface area contributed by atoms with Crippen molar-refractivity contribution in [2.75, 3.05) is 32.4 Å². The van der Waals surface area contributed by atoms with Gasteiger partial charge in [0.25, 0.3) is 0 Å². The first kappa shape index (κ1) is 16.9. The number of piperazine rings is 1. The molecule has 2 aromatic rings. The zero-order valence-electron chi connectivity index (χ0n) is 13.6. The van der Waals surface area contributed by atoms with Gasteiger partial charge in [0.05, 0.1) is 12.3 Å². The number of H-pyrrole nitrogens is 1. The van der Waals surface area contributed by atoms with E-state index in [-0.39, 0.29) is 5.91 Å². The third-order valence-corrected chi connectivity index (χ3v) is 5.75. The second-order valence-electron chi connectivity index (χ2n) is 6.16. The van der Waals surface area contributed by atoms with E-state index in [0.717, 1.165) is 16.5 Å². The van der Waals surface area contributed by atoms with Gasteiger partial charge in [-0.25, -0.2) is 8.42 Å². The average molecular weight is 350 g/mol. The van der Waals surface area contributed by atoms with Gasteiger partial charge < -0.3 is 15.6 Å². The van der Waals surface area contributed by atoms with E-state index in [1.807, 2.05) is 30.5 Å². The number of nitrogens with one attached hydrogen (secondary N) is 1. The van der Waals surface area contributed by atoms with E-state index in [1.54, 1.807) is 4.90 Å². The van der Waals surface area contributed by atoms with Crippen LogP contribution in [0.1, 0.15) is 5.56 Å². The van der Waals surface area contributed by atoms with Gasteiger partial charge in [-0.1, -0.05) is 18.2 Å². The third-order valence-electron chi connectivity index (χ3n) is 4.45. The summed E-state index contributed by atoms with van der Waals surface area (Å²) < 4.78 is 24.4. The summed E-state index contributed by atoms with van der Waals surface area (Å²) in [7, 11) is -3.20. The fourth-order valence-electron chi connectivity index (χ4n) is 3.10. The van der Waals surface area contributed by atoms with E-state index in [4.69, 9.17) is 5.73 Å². The van der Waals surface area contributed by atoms with Crippen molar-refractivity contribution in [1.29, 1.82) is 0 Å². The Morgan fingerprint density at radius 2 is 1.92 bits per heavy atom. The molecule has 1 aliphatic heterocycles. The SMILES string of the molecule is CS(=O)(=O)N1CCN(C(=O)[C@@H](N)Cc2c[nH]c3ccccc23)CC1. The molecule has 1 saturated heterocycles. The fourth-order valence-corrected chi connectivity index (χ4v) is 3.93. The van der Waals surface area contributed by atoms with E-state index < -0.39 is 16.1 Å². The third kappa shape index (κ3) is 3.45. The van der Waals surface area contributed by atoms with Gasteiger partial charge in [0, 0.05) is 43.3 Å². The van der Waals surface area contributed by atoms with Crippen molar-refractivity contribution >= 4 is 26.8 Å². The highest BCUT2D eigenvalue weighted by Gasteiger charge is 2.28. The maximum atomic E-state index is 12.5. The Kier molecular flexibility index (Phi) is 4.62. The van der Waals surface area contributed by atoms with Gasteiger partial charge in [-0.15, -0.1) is 0 Å². The standard InChI is InChI=1S/C16H22N4O3S/c1-24(22,23)20-8-6-19(7-9-20)16(21)14(17)10-12-11-18-15-5-3-2-4-13(12)15/h2-5,11,14,18H,6-10,17H2,1H3/t14-/m0/s1. The van der Waals surface area contributed by atoms with Crippen LogP contribution in [0.3, 0.4) is 0 Å². The number of nitrogens with zero attached hydrogens (tertiary/aromatic N) is 2. The quantitative estimate of drug-likeness (QED) is 0.819. The molecule has 130 valence electrons. The highest BCUT2D eigenvalue weighted by molar-refractivity contribution is 7.88. The normalized spacial score (nSPS) is 18.0. The van der Waals surface area contributed by atoms with Crippen LogP contribution in [-0.2, 0) is 21.2 Å². The number of hydrogen-bond donors (Lipinski definition) is 2. The van der Waals surface area contributed by atoms with E-state index in [1.165, 1.54) is 10.6 Å². The van der Waals surface area contributed by atoms with E-state index in [9.17, 15) is 13.2 Å². The lowest BCUT2D eigenvalue weighted by Gasteiger charge is -2.34. The molecule has 3 rings (SSSR count). The van der Waals surface area contributed by atoms with Crippen molar-refractivity contribution in [1.82, 2.24) is 14.2 Å². The number of carbonyl (C=O) groups excluding carboxylic acids is 1. The number of benzene rings is 1. The highest BCUT2D eigenvalue weighted by Crippen LogP contribution is 2.19. The number of hydrogen-bond acceptors (Lipinski definition) is 4. The Morgan fingerprint density at radius 3 is 2.58 bits per heavy atom. The molecule has 0 bridgehead atoms. The molecule has 3 N–H and O–H groups in total. The fraction of sp³-hybridized carbons (Fsp3) is 0.438. The lowest BCUT2D eigenvalue weighted by atomic mass is 10.0. The Labute approximate surface area is 141 Å². The summed E-state index contributed by atoms with van der Waals surface area (Å²) in [6.45, 7) is 1.41. The zero-order valence-corrected chi connectivity index (χ0v) is 14.4. The number of sulfonamides is 1. The number of para-hydroxylation sites is 1. The number of aromatic nitrogens is 1. The molecule has 1 atom stereocenters. The number of nitrogens with two attached hydrogens (primary N) is 1. The monoisotopic (exact) mass is 350 g/mol. The summed E-state index contributed by atoms with van der Waals surface area (Å²) in [5.74, 6) is -0.131. The molecule has 7 nitrogen and oxygen atoms in total. The molecule has 0 aliphatic carbocycles. The number of fused-ring (bicyclic) bond motifs is 1. The number of rotatable bonds is 4. The molecule has 1 aromatic heterocycles. The molecule has 0 radical (unpaired) electrons. The van der Waals surface area contributed by atoms with Crippen molar-refractivity contribution < 1.29 is 13.2 Å². The van der Waals surface area contributed by atoms with E-state index >= 15 is 0 Å². The van der Waals surface area contributed by atoms with Crippen LogP contribution in [0, 0.1) is 0 Å². The van der Waals surface area contributed by atoms with Crippen LogP contribution >= 0.6 is 0 Å². The predicted octanol–water partition coefficient (Wildman–Crippen LogP) is 0.142. The molecule has 1 fully saturated rings. The number of amides is 1. The van der Waals surface area contributed by atoms with Crippen molar-refractivity contribution in [2.24, 2.45) is 5.73 Å². The lowest BCUT2D eigenvalue weighted by Crippen LogP contribution is -2.54. The van der Waals surface area contributed by atoms with Gasteiger partial charge in [0.2, 0.25) is 15.9 Å². The van der Waals surface area contributed by atoms with Crippen molar-refractivity contribution in [3.63, 3.8) is 0 Å². The van der Waals surface area contributed by atoms with Crippen molar-refractivity contribution in [3.05, 3.63) is 36.0 Å². The van der Waals surface area contributed by atoms with E-state index in [2.05, 4.69) is 4.98 Å². The van der Waals surface area contributed by atoms with Crippen LogP contribution in [0.25, 0.3) is 10.9 Å². The number of aromatic amines is 1. The second kappa shape index (κ2) is 6.54. The van der Waals surface area contributed by atoms with Crippen LogP contribution in [-0.4, -0.2) is 67.0 Å². The Bertz CT molecular complexity index is 838. The van der Waals surface area contributed by atoms with Gasteiger partial charge in [0.15, 0.2) is 0 Å². The van der Waals surface area contributed by atoms with Gasteiger partial charge in [-0.05, 0) is 18.1 Å². The molecule has 0 unspecified atom stereocenters. The second-order valence-corrected chi connectivity index (χ2v) is 8.14. The molecule has 0 spiro atoms. The summed E-state index contributed by atoms with van der Waals surface area (Å²) in [4.78, 5) is 17.4. The minimum Gasteiger partial charge on any atom is -0.361 e. The van der Waals surface area contributed by atoms with Crippen LogP contribution in [0.15, 0.2) is 30.5 Å². The molecular formula is C16H22N4O3S. The largest absolute Gasteiger partial charge is 0.361 e. The number of carbonyl (C=O) groups is 1. The summed E-state index contributed by atoms with van der Waals surface area (Å²) >= 11 is 0. The minimum absolute atomic E-state index is 0.131. The first-order valence-corrected chi connectivity index (χ1v) is 9.75. The van der Waals surface area contributed by atoms with Gasteiger partial charge >= 0.3 is 0 Å². The molecule has 1 amide bonds. The van der Waals surface area contributed by atoms with Crippen LogP contribution in [0.2, 0.25) is 0 Å². The molecule has 8 heteroatoms. The molecular weight excluding hydrogens is 328 g/mol. The van der Waals surface area contributed by atoms with E-state index in [0.29, 0.717) is 32.6 Å². The Morgan fingerprint density at radius 1 is 1.25 bits per heavy atom. The maximum Gasteiger partial charge on any atom is 0.239 e. The van der Waals surface area contributed by atoms with Crippen LogP contribution in [0.5, 0.6) is 0 Å². The van der Waals surface area contributed by atoms with Gasteiger partial charge in [-0.3, -0.25) is 4.79 Å². The predicted molar refractivity (Wildman–Crippen MR) is 93.0 cm³/mol. The first-order chi connectivity index (χ1) is 11.4. The molecule has 1 aromatic carbocycles. The first-order valence-electron chi connectivity index (χ1n) is 7.91. The lowest BCUT2D eigenvalue weighted by molar-refractivity contribution is -0.133. The van der Waals surface area contributed by atoms with Crippen LogP contribution < -0.4 is 5.73 Å². The highest BCUT2D eigenvalue weighted by atomic mass is 32.2. The molecule has 2 heterocycles. The summed E-state index contributed by atoms with van der Waals surface area (Å²) in [5.41, 5.74) is 8.15. The summed E-state index contributed by atoms with van der Waals surface area (Å²) in [6.07, 6.45) is 3.53.